The number of carbonyl (C=O) groups excluding carboxylic acids is 1. The summed E-state index contributed by atoms with van der Waals surface area (Å²) in [6, 6.07) is 4.92. The number of amides is 1. The number of carbonyl (C=O) groups is 1. The van der Waals surface area contributed by atoms with Gasteiger partial charge >= 0.3 is 0 Å². The van der Waals surface area contributed by atoms with Gasteiger partial charge in [-0.05, 0) is 34.1 Å². The first-order valence-electron chi connectivity index (χ1n) is 7.51. The normalized spacial score (nSPS) is 11.2. The van der Waals surface area contributed by atoms with E-state index in [2.05, 4.69) is 26.0 Å². The quantitative estimate of drug-likeness (QED) is 0.499. The second kappa shape index (κ2) is 6.39. The molecule has 27 heavy (non-hydrogen) atoms. The smallest absolute Gasteiger partial charge is 0.259 e. The molecule has 0 radical (unpaired) electrons. The number of halogens is 3. The molecule has 136 valence electrons. The van der Waals surface area contributed by atoms with Crippen LogP contribution in [0, 0.1) is 11.6 Å². The number of benzene rings is 1. The number of aromatic nitrogens is 3. The van der Waals surface area contributed by atoms with Crippen LogP contribution in [-0.2, 0) is 0 Å². The number of nitrogens with one attached hydrogen (secondary N) is 1. The maximum Gasteiger partial charge on any atom is 0.259 e. The van der Waals surface area contributed by atoms with E-state index in [0.717, 1.165) is 28.2 Å². The minimum Gasteiger partial charge on any atom is -0.365 e. The molecule has 0 aliphatic rings. The zero-order valence-electron chi connectivity index (χ0n) is 13.3. The van der Waals surface area contributed by atoms with E-state index < -0.39 is 28.8 Å². The van der Waals surface area contributed by atoms with Crippen LogP contribution < -0.4 is 11.3 Å². The molecule has 0 saturated carbocycles. The Morgan fingerprint density at radius 3 is 2.63 bits per heavy atom. The number of fused-ring (bicyclic) bond motifs is 1. The van der Waals surface area contributed by atoms with Gasteiger partial charge in [0.15, 0.2) is 11.6 Å². The molecule has 3 aromatic heterocycles. The Labute approximate surface area is 162 Å². The number of rotatable bonds is 3. The Bertz CT molecular complexity index is 1260. The first kappa shape index (κ1) is 17.6. The maximum absolute atomic E-state index is 14.4. The van der Waals surface area contributed by atoms with E-state index in [1.165, 1.54) is 18.3 Å². The number of para-hydroxylation sites is 1. The van der Waals surface area contributed by atoms with Gasteiger partial charge in [-0.1, -0.05) is 6.07 Å². The fraction of sp³-hybridized carbons (Fsp3) is 0. The van der Waals surface area contributed by atoms with E-state index in [1.807, 2.05) is 0 Å². The largest absolute Gasteiger partial charge is 0.365 e. The molecule has 0 spiro atoms. The van der Waals surface area contributed by atoms with Crippen LogP contribution in [0.4, 0.5) is 8.78 Å². The van der Waals surface area contributed by atoms with Gasteiger partial charge < -0.3 is 10.7 Å². The number of H-pyrrole nitrogens is 1. The van der Waals surface area contributed by atoms with Crippen LogP contribution in [0.25, 0.3) is 27.8 Å². The lowest BCUT2D eigenvalue weighted by Crippen LogP contribution is -2.08. The van der Waals surface area contributed by atoms with Gasteiger partial charge in [0.2, 0.25) is 0 Å². The predicted octanol–water partition coefficient (Wildman–Crippen LogP) is 3.58. The highest BCUT2D eigenvalue weighted by atomic mass is 79.9. The molecule has 1 amide bonds. The van der Waals surface area contributed by atoms with Crippen molar-refractivity contribution in [1.29, 1.82) is 0 Å². The Balaban J connectivity index is 2.12. The van der Waals surface area contributed by atoms with E-state index >= 15 is 0 Å². The first-order valence-corrected chi connectivity index (χ1v) is 9.18. The number of aromatic amines is 1. The van der Waals surface area contributed by atoms with Crippen molar-refractivity contribution in [3.8, 4) is 16.9 Å². The second-order valence-corrected chi connectivity index (χ2v) is 7.35. The standard InChI is InChI=1S/C17H9BrF2N4O2S/c18-8-5-22-17(26)12-13(7-4-11(16(21)25)27-6-7)23-24(14(8)12)15-9(19)2-1-3-10(15)20/h1-6H,(H2,21,25)(H,22,26). The van der Waals surface area contributed by atoms with Crippen molar-refractivity contribution in [2.24, 2.45) is 5.73 Å². The highest BCUT2D eigenvalue weighted by Crippen LogP contribution is 2.34. The number of primary amides is 1. The van der Waals surface area contributed by atoms with Crippen molar-refractivity contribution in [2.75, 3.05) is 0 Å². The van der Waals surface area contributed by atoms with Crippen LogP contribution in [-0.4, -0.2) is 20.7 Å². The SMILES string of the molecule is NC(=O)c1cc(-c2nn(-c3c(F)cccc3F)c3c(Br)c[nH]c(=O)c23)cs1. The Morgan fingerprint density at radius 1 is 1.30 bits per heavy atom. The number of nitrogens with zero attached hydrogens (tertiary/aromatic N) is 2. The van der Waals surface area contributed by atoms with Gasteiger partial charge in [-0.3, -0.25) is 9.59 Å². The molecule has 0 aliphatic carbocycles. The molecule has 10 heteroatoms. The summed E-state index contributed by atoms with van der Waals surface area (Å²) in [6.45, 7) is 0. The van der Waals surface area contributed by atoms with E-state index in [0.29, 0.717) is 10.0 Å². The molecule has 0 saturated heterocycles. The predicted molar refractivity (Wildman–Crippen MR) is 101 cm³/mol. The van der Waals surface area contributed by atoms with Crippen LogP contribution in [0.5, 0.6) is 0 Å². The average molecular weight is 451 g/mol. The summed E-state index contributed by atoms with van der Waals surface area (Å²) >= 11 is 4.38. The van der Waals surface area contributed by atoms with Crippen molar-refractivity contribution in [3.05, 3.63) is 67.2 Å². The molecular formula is C17H9BrF2N4O2S. The van der Waals surface area contributed by atoms with Crippen molar-refractivity contribution in [1.82, 2.24) is 14.8 Å². The summed E-state index contributed by atoms with van der Waals surface area (Å²) < 4.78 is 30.1. The van der Waals surface area contributed by atoms with Gasteiger partial charge in [0.25, 0.3) is 11.5 Å². The monoisotopic (exact) mass is 450 g/mol. The Kier molecular flexibility index (Phi) is 4.16. The molecular weight excluding hydrogens is 442 g/mol. The molecule has 0 unspecified atom stereocenters. The van der Waals surface area contributed by atoms with Gasteiger partial charge in [0, 0.05) is 17.1 Å². The molecule has 3 heterocycles. The average Bonchev–Trinajstić information content (AvgIpc) is 3.24. The molecule has 0 atom stereocenters. The van der Waals surface area contributed by atoms with Gasteiger partial charge in [0.05, 0.1) is 20.3 Å². The fourth-order valence-corrected chi connectivity index (χ4v) is 3.99. The zero-order chi connectivity index (χ0) is 19.3. The summed E-state index contributed by atoms with van der Waals surface area (Å²) in [5.41, 5.74) is 5.20. The molecule has 0 fully saturated rings. The van der Waals surface area contributed by atoms with Gasteiger partial charge in [0.1, 0.15) is 11.4 Å². The molecule has 6 nitrogen and oxygen atoms in total. The highest BCUT2D eigenvalue weighted by molar-refractivity contribution is 9.10. The zero-order valence-corrected chi connectivity index (χ0v) is 15.7. The van der Waals surface area contributed by atoms with Crippen molar-refractivity contribution < 1.29 is 13.6 Å². The topological polar surface area (TPSA) is 93.8 Å². The van der Waals surface area contributed by atoms with Crippen LogP contribution >= 0.6 is 27.3 Å². The molecule has 4 aromatic rings. The molecule has 0 aliphatic heterocycles. The lowest BCUT2D eigenvalue weighted by molar-refractivity contribution is 0.100. The Morgan fingerprint density at radius 2 is 2.00 bits per heavy atom. The van der Waals surface area contributed by atoms with Crippen LogP contribution in [0.15, 0.2) is 45.1 Å². The number of pyridine rings is 1. The Hall–Kier alpha value is -2.85. The minimum absolute atomic E-state index is 0.126. The molecule has 0 bridgehead atoms. The minimum atomic E-state index is -0.832. The third kappa shape index (κ3) is 2.77. The van der Waals surface area contributed by atoms with Gasteiger partial charge in [-0.2, -0.15) is 5.10 Å². The molecule has 3 N–H and O–H groups in total. The van der Waals surface area contributed by atoms with Crippen molar-refractivity contribution in [2.45, 2.75) is 0 Å². The van der Waals surface area contributed by atoms with Crippen molar-refractivity contribution in [3.63, 3.8) is 0 Å². The summed E-state index contributed by atoms with van der Waals surface area (Å²) in [7, 11) is 0. The maximum atomic E-state index is 14.4. The van der Waals surface area contributed by atoms with E-state index in [1.54, 1.807) is 5.38 Å². The summed E-state index contributed by atoms with van der Waals surface area (Å²) in [5.74, 6) is -2.28. The van der Waals surface area contributed by atoms with Crippen molar-refractivity contribution >= 4 is 44.1 Å². The lowest BCUT2D eigenvalue weighted by Gasteiger charge is -2.07. The number of hydrogen-bond donors (Lipinski definition) is 2. The van der Waals surface area contributed by atoms with Crippen LogP contribution in [0.1, 0.15) is 9.67 Å². The number of nitrogens with two attached hydrogens (primary N) is 1. The third-order valence-electron chi connectivity index (χ3n) is 3.93. The highest BCUT2D eigenvalue weighted by Gasteiger charge is 2.23. The summed E-state index contributed by atoms with van der Waals surface area (Å²) in [5, 5.41) is 6.01. The first-order chi connectivity index (χ1) is 12.9. The van der Waals surface area contributed by atoms with Gasteiger partial charge in [-0.25, -0.2) is 13.5 Å². The number of thiophene rings is 1. The summed E-state index contributed by atoms with van der Waals surface area (Å²) in [6.07, 6.45) is 1.37. The van der Waals surface area contributed by atoms with E-state index in [4.69, 9.17) is 5.73 Å². The molecule has 4 rings (SSSR count). The summed E-state index contributed by atoms with van der Waals surface area (Å²) in [4.78, 5) is 26.7. The lowest BCUT2D eigenvalue weighted by atomic mass is 10.1. The second-order valence-electron chi connectivity index (χ2n) is 5.58. The van der Waals surface area contributed by atoms with E-state index in [-0.39, 0.29) is 21.5 Å². The molecule has 1 aromatic carbocycles. The fourth-order valence-electron chi connectivity index (χ4n) is 2.77. The van der Waals surface area contributed by atoms with E-state index in [9.17, 15) is 18.4 Å². The van der Waals surface area contributed by atoms with Crippen LogP contribution in [0.2, 0.25) is 0 Å². The van der Waals surface area contributed by atoms with Crippen LogP contribution in [0.3, 0.4) is 0 Å². The number of hydrogen-bond acceptors (Lipinski definition) is 4. The van der Waals surface area contributed by atoms with Gasteiger partial charge in [-0.15, -0.1) is 11.3 Å². The third-order valence-corrected chi connectivity index (χ3v) is 5.48.